The highest BCUT2D eigenvalue weighted by molar-refractivity contribution is 7.89. The molecule has 12 heteroatoms. The van der Waals surface area contributed by atoms with Crippen molar-refractivity contribution in [1.29, 1.82) is 0 Å². The lowest BCUT2D eigenvalue weighted by atomic mass is 10.3. The first kappa shape index (κ1) is 22.1. The highest BCUT2D eigenvalue weighted by Crippen LogP contribution is 2.25. The van der Waals surface area contributed by atoms with E-state index in [4.69, 9.17) is 0 Å². The van der Waals surface area contributed by atoms with E-state index in [2.05, 4.69) is 9.72 Å². The number of pyridine rings is 1. The van der Waals surface area contributed by atoms with Crippen LogP contribution in [0.5, 0.6) is 5.75 Å². The summed E-state index contributed by atoms with van der Waals surface area (Å²) in [5, 5.41) is 0. The van der Waals surface area contributed by atoms with E-state index in [1.54, 1.807) is 10.6 Å². The summed E-state index contributed by atoms with van der Waals surface area (Å²) in [7, 11) is -3.92. The minimum Gasteiger partial charge on any atom is -0.406 e. The van der Waals surface area contributed by atoms with Gasteiger partial charge >= 0.3 is 6.36 Å². The van der Waals surface area contributed by atoms with Gasteiger partial charge in [0.05, 0.1) is 4.90 Å². The number of halogens is 3. The highest BCUT2D eigenvalue weighted by atomic mass is 32.2. The number of nitrogens with zero attached hydrogens (tertiary/aromatic N) is 4. The lowest BCUT2D eigenvalue weighted by molar-refractivity contribution is -0.274. The molecule has 2 aromatic heterocycles. The maximum absolute atomic E-state index is 12.8. The van der Waals surface area contributed by atoms with Crippen molar-refractivity contribution < 1.29 is 31.1 Å². The average Bonchev–Trinajstić information content (AvgIpc) is 3.15. The number of hydrogen-bond acceptors (Lipinski definition) is 5. The monoisotopic (exact) mass is 468 g/mol. The molecule has 1 aliphatic heterocycles. The zero-order chi connectivity index (χ0) is 23.1. The predicted molar refractivity (Wildman–Crippen MR) is 108 cm³/mol. The zero-order valence-electron chi connectivity index (χ0n) is 16.9. The van der Waals surface area contributed by atoms with Crippen LogP contribution in [0.4, 0.5) is 13.2 Å². The fourth-order valence-corrected chi connectivity index (χ4v) is 4.86. The summed E-state index contributed by atoms with van der Waals surface area (Å²) < 4.78 is 69.2. The number of sulfonamides is 1. The van der Waals surface area contributed by atoms with Crippen LogP contribution in [0.1, 0.15) is 16.1 Å². The normalized spacial score (nSPS) is 15.8. The smallest absolute Gasteiger partial charge is 0.406 e. The van der Waals surface area contributed by atoms with Crippen LogP contribution in [0, 0.1) is 6.92 Å². The molecule has 1 fully saturated rings. The van der Waals surface area contributed by atoms with Crippen LogP contribution in [0.3, 0.4) is 0 Å². The second-order valence-electron chi connectivity index (χ2n) is 7.31. The van der Waals surface area contributed by atoms with Crippen molar-refractivity contribution in [3.8, 4) is 5.75 Å². The zero-order valence-corrected chi connectivity index (χ0v) is 17.7. The Morgan fingerprint density at radius 2 is 1.72 bits per heavy atom. The highest BCUT2D eigenvalue weighted by Gasteiger charge is 2.33. The predicted octanol–water partition coefficient (Wildman–Crippen LogP) is 2.69. The Hall–Kier alpha value is -3.12. The standard InChI is InChI=1S/C20H19F3N4O4S/c1-14-6-7-26-13-17(24-18(26)12-14)19(28)25-8-10-27(11-9-25)32(29,30)16-4-2-15(3-5-16)31-20(21,22)23/h2-7,12-13H,8-11H2,1H3. The molecule has 0 atom stereocenters. The number of alkyl halides is 3. The van der Waals surface area contributed by atoms with Crippen molar-refractivity contribution in [2.75, 3.05) is 26.2 Å². The number of imidazole rings is 1. The third-order valence-corrected chi connectivity index (χ3v) is 6.97. The largest absolute Gasteiger partial charge is 0.573 e. The van der Waals surface area contributed by atoms with Gasteiger partial charge in [0, 0.05) is 38.6 Å². The summed E-state index contributed by atoms with van der Waals surface area (Å²) in [5.41, 5.74) is 1.93. The van der Waals surface area contributed by atoms with Gasteiger partial charge in [-0.05, 0) is 48.9 Å². The number of amides is 1. The van der Waals surface area contributed by atoms with Gasteiger partial charge in [0.2, 0.25) is 10.0 Å². The fourth-order valence-electron chi connectivity index (χ4n) is 3.44. The number of carbonyl (C=O) groups excluding carboxylic acids is 1. The number of rotatable bonds is 4. The van der Waals surface area contributed by atoms with Gasteiger partial charge in [-0.1, -0.05) is 0 Å². The Balaban J connectivity index is 1.42. The minimum atomic E-state index is -4.86. The van der Waals surface area contributed by atoms with Crippen molar-refractivity contribution in [3.63, 3.8) is 0 Å². The maximum atomic E-state index is 12.8. The van der Waals surface area contributed by atoms with E-state index >= 15 is 0 Å². The molecule has 1 aliphatic rings. The molecule has 0 spiro atoms. The molecule has 170 valence electrons. The van der Waals surface area contributed by atoms with Crippen LogP contribution in [0.25, 0.3) is 5.65 Å². The topological polar surface area (TPSA) is 84.2 Å². The van der Waals surface area contributed by atoms with E-state index in [9.17, 15) is 26.4 Å². The first-order chi connectivity index (χ1) is 15.0. The molecule has 0 aliphatic carbocycles. The van der Waals surface area contributed by atoms with E-state index in [1.165, 1.54) is 9.21 Å². The molecule has 1 saturated heterocycles. The minimum absolute atomic E-state index is 0.0569. The van der Waals surface area contributed by atoms with Gasteiger partial charge < -0.3 is 14.0 Å². The molecule has 4 rings (SSSR count). The summed E-state index contributed by atoms with van der Waals surface area (Å²) in [6, 6.07) is 7.77. The molecule has 1 aromatic carbocycles. The van der Waals surface area contributed by atoms with Gasteiger partial charge in [0.25, 0.3) is 5.91 Å². The Morgan fingerprint density at radius 3 is 2.34 bits per heavy atom. The number of benzene rings is 1. The van der Waals surface area contributed by atoms with Crippen molar-refractivity contribution in [2.45, 2.75) is 18.2 Å². The number of fused-ring (bicyclic) bond motifs is 1. The number of aryl methyl sites for hydroxylation is 1. The molecule has 3 aromatic rings. The average molecular weight is 468 g/mol. The third kappa shape index (κ3) is 4.55. The Bertz CT molecular complexity index is 1250. The van der Waals surface area contributed by atoms with Crippen LogP contribution in [0.15, 0.2) is 53.7 Å². The summed E-state index contributed by atoms with van der Waals surface area (Å²) in [6.45, 7) is 2.37. The Morgan fingerprint density at radius 1 is 1.06 bits per heavy atom. The summed E-state index contributed by atoms with van der Waals surface area (Å²) in [4.78, 5) is 18.5. The van der Waals surface area contributed by atoms with Crippen LogP contribution >= 0.6 is 0 Å². The molecular formula is C20H19F3N4O4S. The molecular weight excluding hydrogens is 449 g/mol. The fraction of sp³-hybridized carbons (Fsp3) is 0.300. The van der Waals surface area contributed by atoms with E-state index in [0.29, 0.717) is 5.65 Å². The van der Waals surface area contributed by atoms with Gasteiger partial charge in [-0.2, -0.15) is 4.31 Å². The van der Waals surface area contributed by atoms with Crippen LogP contribution in [0.2, 0.25) is 0 Å². The summed E-state index contributed by atoms with van der Waals surface area (Å²) in [6.07, 6.45) is -1.42. The molecule has 3 heterocycles. The Labute approximate surface area is 181 Å². The van der Waals surface area contributed by atoms with Crippen LogP contribution < -0.4 is 4.74 Å². The molecule has 0 radical (unpaired) electrons. The van der Waals surface area contributed by atoms with Crippen molar-refractivity contribution >= 4 is 21.6 Å². The second kappa shape index (κ2) is 8.10. The van der Waals surface area contributed by atoms with Crippen molar-refractivity contribution in [3.05, 3.63) is 60.0 Å². The summed E-state index contributed by atoms with van der Waals surface area (Å²) in [5.74, 6) is -0.799. The van der Waals surface area contributed by atoms with Crippen LogP contribution in [-0.4, -0.2) is 65.5 Å². The van der Waals surface area contributed by atoms with Gasteiger partial charge in [-0.15, -0.1) is 13.2 Å². The lowest BCUT2D eigenvalue weighted by Gasteiger charge is -2.33. The van der Waals surface area contributed by atoms with Gasteiger partial charge in [-0.25, -0.2) is 13.4 Å². The lowest BCUT2D eigenvalue weighted by Crippen LogP contribution is -2.50. The van der Waals surface area contributed by atoms with Gasteiger partial charge in [-0.3, -0.25) is 4.79 Å². The number of aromatic nitrogens is 2. The van der Waals surface area contributed by atoms with Crippen molar-refractivity contribution in [2.24, 2.45) is 0 Å². The molecule has 0 unspecified atom stereocenters. The van der Waals surface area contributed by atoms with Gasteiger partial charge in [0.1, 0.15) is 17.1 Å². The maximum Gasteiger partial charge on any atom is 0.573 e. The second-order valence-corrected chi connectivity index (χ2v) is 9.25. The van der Waals surface area contributed by atoms with Gasteiger partial charge in [0.15, 0.2) is 0 Å². The third-order valence-electron chi connectivity index (χ3n) is 5.06. The Kier molecular flexibility index (Phi) is 5.59. The molecule has 0 N–H and O–H groups in total. The van der Waals surface area contributed by atoms with Crippen molar-refractivity contribution in [1.82, 2.24) is 18.6 Å². The SMILES string of the molecule is Cc1ccn2cc(C(=O)N3CCN(S(=O)(=O)c4ccc(OC(F)(F)F)cc4)CC3)nc2c1. The molecule has 8 nitrogen and oxygen atoms in total. The molecule has 1 amide bonds. The molecule has 32 heavy (non-hydrogen) atoms. The van der Waals surface area contributed by atoms with E-state index in [-0.39, 0.29) is 42.7 Å². The number of piperazine rings is 1. The molecule has 0 saturated carbocycles. The quantitative estimate of drug-likeness (QED) is 0.588. The first-order valence-corrected chi connectivity index (χ1v) is 11.1. The van der Waals surface area contributed by atoms with E-state index < -0.39 is 22.1 Å². The number of hydrogen-bond donors (Lipinski definition) is 0. The van der Waals surface area contributed by atoms with Crippen LogP contribution in [-0.2, 0) is 10.0 Å². The number of ether oxygens (including phenoxy) is 1. The van der Waals surface area contributed by atoms with E-state index in [1.807, 2.05) is 25.3 Å². The summed E-state index contributed by atoms with van der Waals surface area (Å²) >= 11 is 0. The number of carbonyl (C=O) groups is 1. The van der Waals surface area contributed by atoms with E-state index in [0.717, 1.165) is 29.8 Å². The molecule has 0 bridgehead atoms. The first-order valence-electron chi connectivity index (χ1n) is 9.63.